The van der Waals surface area contributed by atoms with Gasteiger partial charge in [-0.05, 0) is 88.6 Å². The van der Waals surface area contributed by atoms with Crippen molar-refractivity contribution in [3.8, 4) is 11.1 Å². The first-order valence-corrected chi connectivity index (χ1v) is 15.3. The summed E-state index contributed by atoms with van der Waals surface area (Å²) in [6.07, 6.45) is 0. The Morgan fingerprint density at radius 1 is 0.419 bits per heavy atom. The van der Waals surface area contributed by atoms with Gasteiger partial charge < -0.3 is 9.32 Å². The van der Waals surface area contributed by atoms with Crippen LogP contribution >= 0.6 is 11.3 Å². The van der Waals surface area contributed by atoms with Crippen molar-refractivity contribution >= 4 is 81.3 Å². The molecule has 0 aliphatic heterocycles. The van der Waals surface area contributed by atoms with E-state index in [1.54, 1.807) is 0 Å². The lowest BCUT2D eigenvalue weighted by atomic mass is 10.00. The van der Waals surface area contributed by atoms with Crippen molar-refractivity contribution in [2.24, 2.45) is 0 Å². The van der Waals surface area contributed by atoms with Gasteiger partial charge in [-0.1, -0.05) is 84.9 Å². The Morgan fingerprint density at radius 2 is 1.09 bits per heavy atom. The van der Waals surface area contributed by atoms with E-state index in [-0.39, 0.29) is 0 Å². The molecule has 9 rings (SSSR count). The van der Waals surface area contributed by atoms with E-state index in [2.05, 4.69) is 157 Å². The van der Waals surface area contributed by atoms with Crippen LogP contribution in [0.4, 0.5) is 17.1 Å². The summed E-state index contributed by atoms with van der Waals surface area (Å²) in [5.41, 5.74) is 7.59. The standard InChI is InChI=1S/C40H25NOS/c1-2-9-29(10-3-1)41(31-20-23-39-34(25-31)33-12-6-7-13-38(33)43-39)30-18-14-26(15-19-30)28-17-21-36-35(24-28)40-32-11-5-4-8-27(32)16-22-37(40)42-36/h1-25H. The van der Waals surface area contributed by atoms with E-state index >= 15 is 0 Å². The minimum atomic E-state index is 0.915. The topological polar surface area (TPSA) is 16.4 Å². The Labute approximate surface area is 252 Å². The van der Waals surface area contributed by atoms with E-state index in [0.29, 0.717) is 0 Å². The number of thiophene rings is 1. The number of hydrogen-bond acceptors (Lipinski definition) is 3. The summed E-state index contributed by atoms with van der Waals surface area (Å²) in [5, 5.41) is 7.38. The number of benzene rings is 7. The van der Waals surface area contributed by atoms with Gasteiger partial charge in [0.15, 0.2) is 0 Å². The first-order chi connectivity index (χ1) is 21.3. The molecule has 0 aliphatic rings. The van der Waals surface area contributed by atoms with Crippen LogP contribution in [0.5, 0.6) is 0 Å². The van der Waals surface area contributed by atoms with E-state index in [0.717, 1.165) is 33.6 Å². The summed E-state index contributed by atoms with van der Waals surface area (Å²) in [6.45, 7) is 0. The highest BCUT2D eigenvalue weighted by Gasteiger charge is 2.16. The quantitative estimate of drug-likeness (QED) is 0.210. The van der Waals surface area contributed by atoms with Crippen molar-refractivity contribution in [1.29, 1.82) is 0 Å². The summed E-state index contributed by atoms with van der Waals surface area (Å²) in [7, 11) is 0. The van der Waals surface area contributed by atoms with Crippen LogP contribution in [0.25, 0.3) is 64.0 Å². The van der Waals surface area contributed by atoms with Gasteiger partial charge in [-0.15, -0.1) is 11.3 Å². The highest BCUT2D eigenvalue weighted by atomic mass is 32.1. The molecule has 0 aliphatic carbocycles. The molecule has 2 nitrogen and oxygen atoms in total. The molecule has 0 bridgehead atoms. The Morgan fingerprint density at radius 3 is 1.98 bits per heavy atom. The third-order valence-electron chi connectivity index (χ3n) is 8.45. The second kappa shape index (κ2) is 9.59. The van der Waals surface area contributed by atoms with Gasteiger partial charge in [-0.3, -0.25) is 0 Å². The lowest BCUT2D eigenvalue weighted by Crippen LogP contribution is -2.09. The van der Waals surface area contributed by atoms with Crippen LogP contribution in [-0.4, -0.2) is 0 Å². The summed E-state index contributed by atoms with van der Waals surface area (Å²) in [5.74, 6) is 0. The minimum Gasteiger partial charge on any atom is -0.456 e. The monoisotopic (exact) mass is 567 g/mol. The molecule has 43 heavy (non-hydrogen) atoms. The Kier molecular flexibility index (Phi) is 5.40. The zero-order chi connectivity index (χ0) is 28.3. The normalized spacial score (nSPS) is 11.7. The van der Waals surface area contributed by atoms with Gasteiger partial charge >= 0.3 is 0 Å². The number of hydrogen-bond donors (Lipinski definition) is 0. The third-order valence-corrected chi connectivity index (χ3v) is 9.60. The first kappa shape index (κ1) is 24.2. The molecule has 0 saturated heterocycles. The van der Waals surface area contributed by atoms with E-state index in [9.17, 15) is 0 Å². The number of nitrogens with zero attached hydrogens (tertiary/aromatic N) is 1. The van der Waals surface area contributed by atoms with Crippen LogP contribution in [0, 0.1) is 0 Å². The van der Waals surface area contributed by atoms with Crippen LogP contribution in [0.15, 0.2) is 156 Å². The highest BCUT2D eigenvalue weighted by Crippen LogP contribution is 2.41. The molecule has 3 heteroatoms. The van der Waals surface area contributed by atoms with Gasteiger partial charge in [0.05, 0.1) is 0 Å². The first-order valence-electron chi connectivity index (χ1n) is 14.5. The van der Waals surface area contributed by atoms with Gasteiger partial charge in [0.25, 0.3) is 0 Å². The molecule has 0 atom stereocenters. The molecule has 0 unspecified atom stereocenters. The largest absolute Gasteiger partial charge is 0.456 e. The van der Waals surface area contributed by atoms with Crippen molar-refractivity contribution in [3.05, 3.63) is 152 Å². The van der Waals surface area contributed by atoms with E-state index in [4.69, 9.17) is 4.42 Å². The molecule has 0 saturated carbocycles. The zero-order valence-electron chi connectivity index (χ0n) is 23.2. The highest BCUT2D eigenvalue weighted by molar-refractivity contribution is 7.25. The zero-order valence-corrected chi connectivity index (χ0v) is 24.0. The molecular formula is C40H25NOS. The van der Waals surface area contributed by atoms with E-state index in [1.165, 1.54) is 47.5 Å². The van der Waals surface area contributed by atoms with Crippen molar-refractivity contribution in [2.45, 2.75) is 0 Å². The molecule has 0 amide bonds. The number of rotatable bonds is 4. The molecule has 2 heterocycles. The lowest BCUT2D eigenvalue weighted by Gasteiger charge is -2.25. The Hall–Kier alpha value is -5.38. The molecule has 202 valence electrons. The fraction of sp³-hybridized carbons (Fsp3) is 0. The Bertz CT molecular complexity index is 2450. The van der Waals surface area contributed by atoms with Crippen LogP contribution in [0.1, 0.15) is 0 Å². The summed E-state index contributed by atoms with van der Waals surface area (Å²) >= 11 is 1.85. The van der Waals surface area contributed by atoms with Crippen LogP contribution in [0.3, 0.4) is 0 Å². The van der Waals surface area contributed by atoms with Crippen LogP contribution in [0.2, 0.25) is 0 Å². The van der Waals surface area contributed by atoms with Gasteiger partial charge in [0.1, 0.15) is 11.2 Å². The number of anilines is 3. The van der Waals surface area contributed by atoms with Gasteiger partial charge in [0, 0.05) is 48.0 Å². The predicted molar refractivity (Wildman–Crippen MR) is 184 cm³/mol. The van der Waals surface area contributed by atoms with E-state index in [1.807, 2.05) is 11.3 Å². The second-order valence-corrected chi connectivity index (χ2v) is 12.1. The van der Waals surface area contributed by atoms with Crippen LogP contribution in [-0.2, 0) is 0 Å². The maximum atomic E-state index is 6.25. The molecule has 0 spiro atoms. The average Bonchev–Trinajstić information content (AvgIpc) is 3.64. The second-order valence-electron chi connectivity index (χ2n) is 11.0. The number of para-hydroxylation sites is 1. The third kappa shape index (κ3) is 3.93. The maximum Gasteiger partial charge on any atom is 0.136 e. The van der Waals surface area contributed by atoms with Crippen LogP contribution < -0.4 is 4.90 Å². The summed E-state index contributed by atoms with van der Waals surface area (Å²) in [6, 6.07) is 54.3. The molecule has 0 fully saturated rings. The van der Waals surface area contributed by atoms with Crippen molar-refractivity contribution in [2.75, 3.05) is 4.90 Å². The number of furan rings is 1. The summed E-state index contributed by atoms with van der Waals surface area (Å²) < 4.78 is 8.87. The van der Waals surface area contributed by atoms with Gasteiger partial charge in [-0.25, -0.2) is 0 Å². The predicted octanol–water partition coefficient (Wildman–Crippen LogP) is 12.2. The maximum absolute atomic E-state index is 6.25. The van der Waals surface area contributed by atoms with Crippen molar-refractivity contribution in [3.63, 3.8) is 0 Å². The molecule has 0 radical (unpaired) electrons. The SMILES string of the molecule is c1ccc(N(c2ccc(-c3ccc4oc5ccc6ccccc6c5c4c3)cc2)c2ccc3sc4ccccc4c3c2)cc1. The van der Waals surface area contributed by atoms with Gasteiger partial charge in [0.2, 0.25) is 0 Å². The average molecular weight is 568 g/mol. The summed E-state index contributed by atoms with van der Waals surface area (Å²) in [4.78, 5) is 2.34. The van der Waals surface area contributed by atoms with Crippen molar-refractivity contribution < 1.29 is 4.42 Å². The van der Waals surface area contributed by atoms with E-state index < -0.39 is 0 Å². The lowest BCUT2D eigenvalue weighted by molar-refractivity contribution is 0.669. The fourth-order valence-electron chi connectivity index (χ4n) is 6.41. The van der Waals surface area contributed by atoms with Crippen molar-refractivity contribution in [1.82, 2.24) is 0 Å². The Balaban J connectivity index is 1.16. The fourth-order valence-corrected chi connectivity index (χ4v) is 7.49. The molecule has 0 N–H and O–H groups in total. The molecular weight excluding hydrogens is 543 g/mol. The minimum absolute atomic E-state index is 0.915. The number of fused-ring (bicyclic) bond motifs is 8. The molecule has 9 aromatic rings. The molecule has 2 aromatic heterocycles. The smallest absolute Gasteiger partial charge is 0.136 e. The molecule has 7 aromatic carbocycles. The van der Waals surface area contributed by atoms with Gasteiger partial charge in [-0.2, -0.15) is 0 Å².